The molecule has 4 saturated carbocycles. The van der Waals surface area contributed by atoms with E-state index in [1.54, 1.807) is 29.7 Å². The van der Waals surface area contributed by atoms with Gasteiger partial charge in [-0.05, 0) is 86.0 Å². The number of phenols is 1. The van der Waals surface area contributed by atoms with Crippen molar-refractivity contribution in [3.63, 3.8) is 0 Å². The van der Waals surface area contributed by atoms with Crippen molar-refractivity contribution >= 4 is 16.9 Å². The Hall–Kier alpha value is -3.12. The molecule has 0 aliphatic heterocycles. The first-order valence-electron chi connectivity index (χ1n) is 11.3. The predicted molar refractivity (Wildman–Crippen MR) is 119 cm³/mol. The van der Waals surface area contributed by atoms with Gasteiger partial charge in [0.15, 0.2) is 5.43 Å². The predicted octanol–water partition coefficient (Wildman–Crippen LogP) is 4.75. The van der Waals surface area contributed by atoms with Gasteiger partial charge in [-0.15, -0.1) is 0 Å². The van der Waals surface area contributed by atoms with Crippen LogP contribution in [0.2, 0.25) is 0 Å². The zero-order valence-electron chi connectivity index (χ0n) is 17.6. The van der Waals surface area contributed by atoms with Gasteiger partial charge >= 0.3 is 0 Å². The number of fused-ring (bicyclic) bond motifs is 1. The molecule has 1 heterocycles. The van der Waals surface area contributed by atoms with Crippen LogP contribution in [0.5, 0.6) is 5.75 Å². The lowest BCUT2D eigenvalue weighted by Crippen LogP contribution is -2.48. The molecule has 32 heavy (non-hydrogen) atoms. The molecule has 0 unspecified atom stereocenters. The monoisotopic (exact) mass is 431 g/mol. The average Bonchev–Trinajstić information content (AvgIpc) is 2.77. The minimum Gasteiger partial charge on any atom is -0.508 e. The van der Waals surface area contributed by atoms with E-state index in [4.69, 9.17) is 9.62 Å². The van der Waals surface area contributed by atoms with E-state index < -0.39 is 5.91 Å². The van der Waals surface area contributed by atoms with E-state index in [0.29, 0.717) is 27.9 Å². The quantitative estimate of drug-likeness (QED) is 0.410. The molecule has 4 aliphatic rings. The molecule has 4 bridgehead atoms. The van der Waals surface area contributed by atoms with Crippen molar-refractivity contribution in [2.75, 3.05) is 0 Å². The fourth-order valence-electron chi connectivity index (χ4n) is 7.07. The smallest absolute Gasteiger partial charge is 0.274 e. The third-order valence-electron chi connectivity index (χ3n) is 7.96. The van der Waals surface area contributed by atoms with Crippen molar-refractivity contribution in [1.82, 2.24) is 5.48 Å². The van der Waals surface area contributed by atoms with Gasteiger partial charge in [0.25, 0.3) is 5.91 Å². The summed E-state index contributed by atoms with van der Waals surface area (Å²) in [7, 11) is 0. The van der Waals surface area contributed by atoms with Crippen LogP contribution >= 0.6 is 0 Å². The van der Waals surface area contributed by atoms with E-state index in [0.717, 1.165) is 42.6 Å². The van der Waals surface area contributed by atoms with Crippen molar-refractivity contribution < 1.29 is 19.5 Å². The standard InChI is InChI=1S/C26H25NO5/c28-19-8-20-22(29)10-23(17-1-3-18(4-2-17)25(30)27-31)32-24(20)21(9-19)26-11-14-5-15(12-26)7-16(6-14)13-26/h1-4,8-10,14-16,28,31H,5-7,11-13H2,(H,27,30). The van der Waals surface area contributed by atoms with E-state index >= 15 is 0 Å². The van der Waals surface area contributed by atoms with E-state index in [1.165, 1.54) is 31.4 Å². The van der Waals surface area contributed by atoms with Gasteiger partial charge in [-0.1, -0.05) is 12.1 Å². The molecule has 4 aliphatic carbocycles. The summed E-state index contributed by atoms with van der Waals surface area (Å²) in [6.45, 7) is 0. The SMILES string of the molecule is O=C(NO)c1ccc(-c2cc(=O)c3cc(O)cc(C45CC6CC(CC(C6)C4)C5)c3o2)cc1. The molecule has 0 radical (unpaired) electrons. The molecule has 7 rings (SSSR count). The summed E-state index contributed by atoms with van der Waals surface area (Å²) in [4.78, 5) is 24.7. The van der Waals surface area contributed by atoms with Crippen LogP contribution in [-0.2, 0) is 5.41 Å². The fourth-order valence-corrected chi connectivity index (χ4v) is 7.07. The van der Waals surface area contributed by atoms with Gasteiger partial charge in [-0.3, -0.25) is 14.8 Å². The van der Waals surface area contributed by atoms with Gasteiger partial charge in [0.05, 0.1) is 5.39 Å². The summed E-state index contributed by atoms with van der Waals surface area (Å²) in [6.07, 6.45) is 7.19. The Bertz CT molecular complexity index is 1250. The largest absolute Gasteiger partial charge is 0.508 e. The minimum absolute atomic E-state index is 0.0383. The number of benzene rings is 2. The summed E-state index contributed by atoms with van der Waals surface area (Å²) >= 11 is 0. The van der Waals surface area contributed by atoms with Gasteiger partial charge in [0.2, 0.25) is 0 Å². The Morgan fingerprint density at radius 3 is 2.19 bits per heavy atom. The number of phenolic OH excluding ortho intramolecular Hbond substituents is 1. The van der Waals surface area contributed by atoms with Gasteiger partial charge in [-0.2, -0.15) is 0 Å². The molecule has 1 aromatic heterocycles. The Morgan fingerprint density at radius 1 is 0.969 bits per heavy atom. The second-order valence-electron chi connectivity index (χ2n) is 10.1. The molecule has 164 valence electrons. The molecular weight excluding hydrogens is 406 g/mol. The first-order valence-corrected chi connectivity index (χ1v) is 11.3. The Kier molecular flexibility index (Phi) is 4.24. The van der Waals surface area contributed by atoms with Crippen LogP contribution in [0.4, 0.5) is 0 Å². The van der Waals surface area contributed by atoms with E-state index in [9.17, 15) is 14.7 Å². The Morgan fingerprint density at radius 2 is 1.59 bits per heavy atom. The molecule has 1 amide bonds. The molecule has 3 N–H and O–H groups in total. The van der Waals surface area contributed by atoms with Crippen molar-refractivity contribution in [3.05, 3.63) is 63.8 Å². The number of aromatic hydroxyl groups is 1. The minimum atomic E-state index is -0.601. The lowest BCUT2D eigenvalue weighted by molar-refractivity contribution is -0.00497. The maximum absolute atomic E-state index is 13.1. The van der Waals surface area contributed by atoms with Crippen molar-refractivity contribution in [2.45, 2.75) is 43.9 Å². The van der Waals surface area contributed by atoms with Crippen LogP contribution in [0.25, 0.3) is 22.3 Å². The molecule has 0 saturated heterocycles. The number of hydrogen-bond acceptors (Lipinski definition) is 5. The lowest BCUT2D eigenvalue weighted by atomic mass is 9.48. The number of hydrogen-bond donors (Lipinski definition) is 3. The average molecular weight is 431 g/mol. The highest BCUT2D eigenvalue weighted by Gasteiger charge is 2.52. The summed E-state index contributed by atoms with van der Waals surface area (Å²) in [5, 5.41) is 19.7. The number of amides is 1. The van der Waals surface area contributed by atoms with E-state index in [2.05, 4.69) is 0 Å². The number of carbonyl (C=O) groups excluding carboxylic acids is 1. The molecule has 6 nitrogen and oxygen atoms in total. The fraction of sp³-hybridized carbons (Fsp3) is 0.385. The van der Waals surface area contributed by atoms with Gasteiger partial charge in [-0.25, -0.2) is 5.48 Å². The van der Waals surface area contributed by atoms with Crippen LogP contribution in [0.15, 0.2) is 51.7 Å². The Labute approximate surface area is 184 Å². The van der Waals surface area contributed by atoms with E-state index in [-0.39, 0.29) is 16.6 Å². The molecule has 2 aromatic carbocycles. The second kappa shape index (κ2) is 6.94. The normalized spacial score (nSPS) is 28.2. The maximum Gasteiger partial charge on any atom is 0.274 e. The molecule has 6 heteroatoms. The summed E-state index contributed by atoms with van der Waals surface area (Å²) in [6, 6.07) is 11.3. The molecule has 0 atom stereocenters. The zero-order valence-corrected chi connectivity index (χ0v) is 17.6. The zero-order chi connectivity index (χ0) is 22.0. The topological polar surface area (TPSA) is 99.8 Å². The van der Waals surface area contributed by atoms with Gasteiger partial charge in [0.1, 0.15) is 17.1 Å². The van der Waals surface area contributed by atoms with Crippen LogP contribution in [0.3, 0.4) is 0 Å². The van der Waals surface area contributed by atoms with Crippen LogP contribution in [0, 0.1) is 17.8 Å². The highest BCUT2D eigenvalue weighted by molar-refractivity contribution is 5.93. The second-order valence-corrected chi connectivity index (χ2v) is 10.1. The number of rotatable bonds is 3. The molecule has 4 fully saturated rings. The maximum atomic E-state index is 13.1. The van der Waals surface area contributed by atoms with Gasteiger partial charge in [0, 0.05) is 22.8 Å². The molecular formula is C26H25NO5. The number of hydroxylamine groups is 1. The number of nitrogens with one attached hydrogen (secondary N) is 1. The summed E-state index contributed by atoms with van der Waals surface area (Å²) in [5.74, 6) is 2.10. The molecule has 3 aromatic rings. The van der Waals surface area contributed by atoms with Crippen molar-refractivity contribution in [3.8, 4) is 17.1 Å². The van der Waals surface area contributed by atoms with E-state index in [1.807, 2.05) is 6.07 Å². The highest BCUT2D eigenvalue weighted by Crippen LogP contribution is 2.61. The first-order chi connectivity index (χ1) is 15.4. The highest BCUT2D eigenvalue weighted by atomic mass is 16.5. The first kappa shape index (κ1) is 19.6. The Balaban J connectivity index is 1.51. The van der Waals surface area contributed by atoms with Crippen molar-refractivity contribution in [2.24, 2.45) is 17.8 Å². The summed E-state index contributed by atoms with van der Waals surface area (Å²) < 4.78 is 6.37. The van der Waals surface area contributed by atoms with Gasteiger partial charge < -0.3 is 9.52 Å². The summed E-state index contributed by atoms with van der Waals surface area (Å²) in [5.41, 5.74) is 3.90. The van der Waals surface area contributed by atoms with Crippen LogP contribution in [-0.4, -0.2) is 16.2 Å². The van der Waals surface area contributed by atoms with Crippen LogP contribution in [0.1, 0.15) is 54.4 Å². The van der Waals surface area contributed by atoms with Crippen molar-refractivity contribution in [1.29, 1.82) is 0 Å². The third-order valence-corrected chi connectivity index (χ3v) is 7.96. The lowest BCUT2D eigenvalue weighted by Gasteiger charge is -2.57. The van der Waals surface area contributed by atoms with Crippen LogP contribution < -0.4 is 10.9 Å². The third kappa shape index (κ3) is 2.97. The molecule has 0 spiro atoms. The number of carbonyl (C=O) groups is 1.